The Morgan fingerprint density at radius 2 is 1.95 bits per heavy atom. The predicted molar refractivity (Wildman–Crippen MR) is 74.4 cm³/mol. The third-order valence-electron chi connectivity index (χ3n) is 3.58. The van der Waals surface area contributed by atoms with Crippen molar-refractivity contribution in [1.29, 1.82) is 0 Å². The molecule has 0 aromatic carbocycles. The van der Waals surface area contributed by atoms with Gasteiger partial charge >= 0.3 is 5.97 Å². The number of aromatic carboxylic acids is 1. The van der Waals surface area contributed by atoms with Crippen molar-refractivity contribution in [3.8, 4) is 0 Å². The summed E-state index contributed by atoms with van der Waals surface area (Å²) in [5.74, 6) is -0.213. The third kappa shape index (κ3) is 2.20. The van der Waals surface area contributed by atoms with Crippen molar-refractivity contribution >= 4 is 17.4 Å². The smallest absolute Gasteiger partial charge is 0.354 e. The van der Waals surface area contributed by atoms with Gasteiger partial charge < -0.3 is 14.9 Å². The van der Waals surface area contributed by atoms with Crippen molar-refractivity contribution in [1.82, 2.24) is 19.5 Å². The quantitative estimate of drug-likeness (QED) is 0.859. The van der Waals surface area contributed by atoms with E-state index < -0.39 is 5.97 Å². The molecule has 1 aliphatic heterocycles. The Morgan fingerprint density at radius 3 is 2.60 bits per heavy atom. The highest BCUT2D eigenvalue weighted by Crippen LogP contribution is 2.19. The first-order valence-corrected chi connectivity index (χ1v) is 6.59. The number of anilines is 1. The van der Waals surface area contributed by atoms with Crippen LogP contribution >= 0.6 is 0 Å². The largest absolute Gasteiger partial charge is 0.477 e. The highest BCUT2D eigenvalue weighted by Gasteiger charge is 2.20. The topological polar surface area (TPSA) is 74.0 Å². The van der Waals surface area contributed by atoms with Crippen LogP contribution in [0.3, 0.4) is 0 Å². The van der Waals surface area contributed by atoms with Gasteiger partial charge in [-0.1, -0.05) is 0 Å². The summed E-state index contributed by atoms with van der Waals surface area (Å²) in [5.41, 5.74) is 1.47. The Hall–Kier alpha value is -2.15. The molecule has 0 bridgehead atoms. The molecule has 2 aromatic heterocycles. The van der Waals surface area contributed by atoms with Crippen LogP contribution in [0.15, 0.2) is 12.1 Å². The molecule has 106 valence electrons. The fourth-order valence-corrected chi connectivity index (χ4v) is 2.44. The first-order valence-electron chi connectivity index (χ1n) is 6.59. The predicted octanol–water partition coefficient (Wildman–Crippen LogP) is 0.488. The normalized spacial score (nSPS) is 16.8. The average Bonchev–Trinajstić information content (AvgIpc) is 2.78. The van der Waals surface area contributed by atoms with Crippen LogP contribution < -0.4 is 4.90 Å². The summed E-state index contributed by atoms with van der Waals surface area (Å²) in [4.78, 5) is 19.8. The molecule has 2 aromatic rings. The minimum Gasteiger partial charge on any atom is -0.477 e. The standard InChI is InChI=1S/C13H17N5O2/c1-9-7-11-14-10(13(19)20)8-12(18(11)15-9)17-5-3-16(2)4-6-17/h7-8H,3-6H2,1-2H3,(H,19,20). The summed E-state index contributed by atoms with van der Waals surface area (Å²) in [6.45, 7) is 5.49. The molecule has 1 aliphatic rings. The van der Waals surface area contributed by atoms with Gasteiger partial charge in [0.1, 0.15) is 5.82 Å². The lowest BCUT2D eigenvalue weighted by Gasteiger charge is -2.33. The van der Waals surface area contributed by atoms with E-state index in [9.17, 15) is 9.90 Å². The van der Waals surface area contributed by atoms with Gasteiger partial charge in [-0.05, 0) is 14.0 Å². The van der Waals surface area contributed by atoms with Crippen LogP contribution in [0.25, 0.3) is 5.65 Å². The molecule has 0 radical (unpaired) electrons. The lowest BCUT2D eigenvalue weighted by molar-refractivity contribution is 0.0690. The molecule has 1 fully saturated rings. The van der Waals surface area contributed by atoms with E-state index in [4.69, 9.17) is 0 Å². The second-order valence-electron chi connectivity index (χ2n) is 5.15. The number of nitrogens with zero attached hydrogens (tertiary/aromatic N) is 5. The van der Waals surface area contributed by atoms with Crippen LogP contribution in [0.2, 0.25) is 0 Å². The molecule has 0 aliphatic carbocycles. The van der Waals surface area contributed by atoms with Crippen LogP contribution in [0.1, 0.15) is 16.2 Å². The second-order valence-corrected chi connectivity index (χ2v) is 5.15. The number of aryl methyl sites for hydroxylation is 1. The van der Waals surface area contributed by atoms with Gasteiger partial charge in [-0.2, -0.15) is 9.61 Å². The van der Waals surface area contributed by atoms with E-state index in [0.717, 1.165) is 37.7 Å². The van der Waals surface area contributed by atoms with Crippen LogP contribution in [0.4, 0.5) is 5.82 Å². The summed E-state index contributed by atoms with van der Waals surface area (Å²) in [7, 11) is 2.08. The van der Waals surface area contributed by atoms with Crippen molar-refractivity contribution in [2.75, 3.05) is 38.1 Å². The molecule has 7 nitrogen and oxygen atoms in total. The molecule has 20 heavy (non-hydrogen) atoms. The molecule has 0 spiro atoms. The van der Waals surface area contributed by atoms with Crippen LogP contribution in [0.5, 0.6) is 0 Å². The van der Waals surface area contributed by atoms with Crippen molar-refractivity contribution in [3.05, 3.63) is 23.5 Å². The number of piperazine rings is 1. The molecule has 3 rings (SSSR count). The minimum atomic E-state index is -1.01. The van der Waals surface area contributed by atoms with Crippen molar-refractivity contribution < 1.29 is 9.90 Å². The Labute approximate surface area is 116 Å². The van der Waals surface area contributed by atoms with Crippen LogP contribution in [-0.2, 0) is 0 Å². The second kappa shape index (κ2) is 4.75. The molecule has 1 saturated heterocycles. The summed E-state index contributed by atoms with van der Waals surface area (Å²) in [6.07, 6.45) is 0. The van der Waals surface area contributed by atoms with Gasteiger partial charge in [-0.25, -0.2) is 9.78 Å². The van der Waals surface area contributed by atoms with Crippen LogP contribution in [-0.4, -0.2) is 63.8 Å². The number of hydrogen-bond donors (Lipinski definition) is 1. The zero-order valence-corrected chi connectivity index (χ0v) is 11.6. The number of hydrogen-bond acceptors (Lipinski definition) is 5. The van der Waals surface area contributed by atoms with Crippen molar-refractivity contribution in [2.45, 2.75) is 6.92 Å². The summed E-state index contributed by atoms with van der Waals surface area (Å²) in [5, 5.41) is 13.6. The van der Waals surface area contributed by atoms with Crippen molar-refractivity contribution in [2.24, 2.45) is 0 Å². The van der Waals surface area contributed by atoms with E-state index in [-0.39, 0.29) is 5.69 Å². The molecule has 0 amide bonds. The van der Waals surface area contributed by atoms with E-state index in [1.54, 1.807) is 16.6 Å². The maximum absolute atomic E-state index is 11.2. The molecule has 0 atom stereocenters. The van der Waals surface area contributed by atoms with Crippen molar-refractivity contribution in [3.63, 3.8) is 0 Å². The van der Waals surface area contributed by atoms with Gasteiger partial charge in [0, 0.05) is 38.3 Å². The monoisotopic (exact) mass is 275 g/mol. The molecule has 0 unspecified atom stereocenters. The molecule has 3 heterocycles. The number of carboxylic acids is 1. The Bertz CT molecular complexity index is 658. The van der Waals surface area contributed by atoms with Crippen LogP contribution in [0, 0.1) is 6.92 Å². The molecular weight excluding hydrogens is 258 g/mol. The maximum Gasteiger partial charge on any atom is 0.354 e. The summed E-state index contributed by atoms with van der Waals surface area (Å²) < 4.78 is 1.73. The van der Waals surface area contributed by atoms with Gasteiger partial charge in [0.25, 0.3) is 0 Å². The van der Waals surface area contributed by atoms with Gasteiger partial charge in [0.2, 0.25) is 0 Å². The molecule has 7 heteroatoms. The number of aromatic nitrogens is 3. The van der Waals surface area contributed by atoms with Gasteiger partial charge in [-0.3, -0.25) is 0 Å². The molecule has 0 saturated carbocycles. The molecular formula is C13H17N5O2. The Balaban J connectivity index is 2.09. The number of carboxylic acid groups (broad SMARTS) is 1. The summed E-state index contributed by atoms with van der Waals surface area (Å²) >= 11 is 0. The first-order chi connectivity index (χ1) is 9.54. The fourth-order valence-electron chi connectivity index (χ4n) is 2.44. The number of carbonyl (C=O) groups is 1. The van der Waals surface area contributed by atoms with Gasteiger partial charge in [0.15, 0.2) is 11.3 Å². The fraction of sp³-hybridized carbons (Fsp3) is 0.462. The number of likely N-dealkylation sites (N-methyl/N-ethyl adjacent to an activating group) is 1. The lowest BCUT2D eigenvalue weighted by Crippen LogP contribution is -2.45. The first kappa shape index (κ1) is 12.9. The zero-order valence-electron chi connectivity index (χ0n) is 11.6. The maximum atomic E-state index is 11.2. The highest BCUT2D eigenvalue weighted by molar-refractivity contribution is 5.87. The van der Waals surface area contributed by atoms with E-state index >= 15 is 0 Å². The minimum absolute atomic E-state index is 0.0614. The SMILES string of the molecule is Cc1cc2nc(C(=O)O)cc(N3CCN(C)CC3)n2n1. The zero-order chi connectivity index (χ0) is 14.3. The molecule has 1 N–H and O–H groups in total. The highest BCUT2D eigenvalue weighted by atomic mass is 16.4. The Morgan fingerprint density at radius 1 is 1.25 bits per heavy atom. The number of rotatable bonds is 2. The summed E-state index contributed by atoms with van der Waals surface area (Å²) in [6, 6.07) is 3.40. The lowest BCUT2D eigenvalue weighted by atomic mass is 10.3. The van der Waals surface area contributed by atoms with E-state index in [2.05, 4.69) is 26.9 Å². The van der Waals surface area contributed by atoms with E-state index in [0.29, 0.717) is 5.65 Å². The number of fused-ring (bicyclic) bond motifs is 1. The van der Waals surface area contributed by atoms with E-state index in [1.807, 2.05) is 6.92 Å². The van der Waals surface area contributed by atoms with E-state index in [1.165, 1.54) is 0 Å². The average molecular weight is 275 g/mol. The van der Waals surface area contributed by atoms with Gasteiger partial charge in [-0.15, -0.1) is 0 Å². The van der Waals surface area contributed by atoms with Gasteiger partial charge in [0.05, 0.1) is 5.69 Å². The Kier molecular flexibility index (Phi) is 3.06. The third-order valence-corrected chi connectivity index (χ3v) is 3.58.